The molecule has 4 aromatic rings. The van der Waals surface area contributed by atoms with E-state index in [9.17, 15) is 34.0 Å². The molecule has 0 aliphatic heterocycles. The van der Waals surface area contributed by atoms with Gasteiger partial charge < -0.3 is 59.3 Å². The Hall–Kier alpha value is -7.44. The number of ether oxygens (including phenoxy) is 7. The number of amides is 3. The van der Waals surface area contributed by atoms with Crippen LogP contribution in [-0.4, -0.2) is 118 Å². The average Bonchev–Trinajstić information content (AvgIpc) is 4.03. The van der Waals surface area contributed by atoms with E-state index in [1.54, 1.807) is 125 Å². The van der Waals surface area contributed by atoms with E-state index >= 15 is 0 Å². The minimum Gasteiger partial charge on any atom is -0.490 e. The SMILES string of the molecule is [C-]#[N+]c1c(N)nc(SCc2coc(-c3ccc(Cl)cc3)n2)c(C#N)c1-c1ccc(OC[C@@H](COC(=O)CCNC(=O)[C@@H](NC(=O)OC(C)(C)C)[C@@H](C)OC(C)(C)C)OC(=O)CCCC(=O)[C@@H](NC(=O)OC(C)(C)C)[C@@H](C)OC(C)(C)C)cc1. The lowest BCUT2D eigenvalue weighted by molar-refractivity contribution is -0.161. The summed E-state index contributed by atoms with van der Waals surface area (Å²) in [6.07, 6.45) is -3.69. The lowest BCUT2D eigenvalue weighted by atomic mass is 10.00. The highest BCUT2D eigenvalue weighted by atomic mass is 35.5. The number of oxazole rings is 1. The number of alkyl carbamates (subject to hydrolysis) is 2. The normalized spacial score (nSPS) is 13.6. The van der Waals surface area contributed by atoms with E-state index in [0.29, 0.717) is 22.2 Å². The van der Waals surface area contributed by atoms with Crippen LogP contribution in [0.2, 0.25) is 5.02 Å². The molecule has 2 heterocycles. The number of carbonyl (C=O) groups is 6. The Morgan fingerprint density at radius 2 is 1.33 bits per heavy atom. The fraction of sp³-hybridized carbons (Fsp3) is 0.525. The van der Waals surface area contributed by atoms with Gasteiger partial charge in [0.25, 0.3) is 0 Å². The predicted octanol–water partition coefficient (Wildman–Crippen LogP) is 10.6. The molecule has 2 aromatic carbocycles. The van der Waals surface area contributed by atoms with Crippen molar-refractivity contribution in [3.63, 3.8) is 0 Å². The largest absolute Gasteiger partial charge is 0.490 e. The second kappa shape index (κ2) is 30.2. The molecule has 0 fully saturated rings. The quantitative estimate of drug-likeness (QED) is 0.0197. The van der Waals surface area contributed by atoms with Gasteiger partial charge in [0, 0.05) is 41.3 Å². The first-order valence-corrected chi connectivity index (χ1v) is 28.2. The maximum absolute atomic E-state index is 13.6. The van der Waals surface area contributed by atoms with Crippen LogP contribution in [0.1, 0.15) is 134 Å². The number of hydrogen-bond donors (Lipinski definition) is 4. The summed E-state index contributed by atoms with van der Waals surface area (Å²) in [5, 5.41) is 19.1. The van der Waals surface area contributed by atoms with Gasteiger partial charge in [-0.15, -0.1) is 0 Å². The third-order valence-corrected chi connectivity index (χ3v) is 12.4. The molecule has 0 unspecified atom stereocenters. The molecular formula is C59H77ClN8O14S. The van der Waals surface area contributed by atoms with E-state index in [0.717, 1.165) is 5.56 Å². The van der Waals surface area contributed by atoms with Gasteiger partial charge in [-0.25, -0.2) is 24.4 Å². The molecule has 0 bridgehead atoms. The maximum Gasteiger partial charge on any atom is 0.408 e. The van der Waals surface area contributed by atoms with Gasteiger partial charge in [0.1, 0.15) is 65.4 Å². The number of Topliss-reactive ketones (excluding diaryl/α,β-unsaturated/α-hetero) is 1. The minimum absolute atomic E-state index is 0.00656. The summed E-state index contributed by atoms with van der Waals surface area (Å²) >= 11 is 7.22. The van der Waals surface area contributed by atoms with Gasteiger partial charge in [-0.3, -0.25) is 19.2 Å². The standard InChI is InChI=1S/C59H77ClN8O14S/c1-34(79-56(3,4)5)47(66-54(73)81-58(9,10)11)43(69)17-16-18-45(71)78-41(32-76-44(70)27-28-64-51(72)48(35(2)80-57(6,7)8)67-55(74)82-59(12,13)14)31-75-40-25-21-36(22-26-40)46-42(29-61)53(68-50(62)49(46)63-15)83-33-39-30-77-52(65-39)37-19-23-38(60)24-20-37/h19-26,30,34-35,41,47-48H,16-18,27-28,31-33H2,1-14H3,(H2,62,68)(H,64,72)(H,66,73)(H,67,74)/t34-,35-,41+,47+,48+/m1/s1. The summed E-state index contributed by atoms with van der Waals surface area (Å²) in [7, 11) is 0. The number of thioether (sulfide) groups is 1. The van der Waals surface area contributed by atoms with Gasteiger partial charge in [0.2, 0.25) is 17.5 Å². The van der Waals surface area contributed by atoms with Crippen LogP contribution in [0, 0.1) is 17.9 Å². The Kier molecular flexibility index (Phi) is 24.8. The fourth-order valence-corrected chi connectivity index (χ4v) is 8.88. The Bertz CT molecular complexity index is 2970. The fourth-order valence-electron chi connectivity index (χ4n) is 7.88. The van der Waals surface area contributed by atoms with E-state index in [2.05, 4.69) is 36.8 Å². The number of anilines is 1. The summed E-state index contributed by atoms with van der Waals surface area (Å²) in [4.78, 5) is 91.8. The van der Waals surface area contributed by atoms with Crippen LogP contribution in [-0.2, 0) is 53.4 Å². The molecule has 0 saturated heterocycles. The molecule has 0 aliphatic rings. The predicted molar refractivity (Wildman–Crippen MR) is 311 cm³/mol. The van der Waals surface area contributed by atoms with Gasteiger partial charge in [-0.1, -0.05) is 35.5 Å². The van der Waals surface area contributed by atoms with Gasteiger partial charge >= 0.3 is 24.1 Å². The van der Waals surface area contributed by atoms with Crippen LogP contribution in [0.5, 0.6) is 5.75 Å². The molecular weight excluding hydrogens is 1110 g/mol. The van der Waals surface area contributed by atoms with Crippen LogP contribution in [0.15, 0.2) is 64.2 Å². The number of nitrogen functional groups attached to an aromatic ring is 1. The number of pyridine rings is 1. The zero-order valence-electron chi connectivity index (χ0n) is 49.6. The Morgan fingerprint density at radius 1 is 0.759 bits per heavy atom. The Morgan fingerprint density at radius 3 is 1.88 bits per heavy atom. The number of nitriles is 1. The monoisotopic (exact) mass is 1190 g/mol. The van der Waals surface area contributed by atoms with E-state index in [4.69, 9.17) is 61.5 Å². The van der Waals surface area contributed by atoms with Gasteiger partial charge in [-0.05, 0) is 145 Å². The number of ketones is 1. The number of hydrogen-bond acceptors (Lipinski definition) is 19. The molecule has 450 valence electrons. The second-order valence-corrected chi connectivity index (χ2v) is 24.6. The van der Waals surface area contributed by atoms with Crippen molar-refractivity contribution in [1.29, 1.82) is 5.26 Å². The Labute approximate surface area is 494 Å². The summed E-state index contributed by atoms with van der Waals surface area (Å²) in [5.41, 5.74) is 5.31. The molecule has 5 N–H and O–H groups in total. The molecule has 0 saturated carbocycles. The number of nitrogens with zero attached hydrogens (tertiary/aromatic N) is 4. The van der Waals surface area contributed by atoms with Crippen molar-refractivity contribution in [2.45, 2.75) is 186 Å². The molecule has 22 nitrogen and oxygen atoms in total. The lowest BCUT2D eigenvalue weighted by Gasteiger charge is -2.31. The van der Waals surface area contributed by atoms with Gasteiger partial charge in [0.05, 0.1) is 47.7 Å². The maximum atomic E-state index is 13.6. The zero-order valence-corrected chi connectivity index (χ0v) is 51.2. The van der Waals surface area contributed by atoms with Crippen molar-refractivity contribution in [3.8, 4) is 34.4 Å². The highest BCUT2D eigenvalue weighted by Crippen LogP contribution is 2.42. The summed E-state index contributed by atoms with van der Waals surface area (Å²) < 4.78 is 45.8. The molecule has 4 rings (SSSR count). The molecule has 0 radical (unpaired) electrons. The smallest absolute Gasteiger partial charge is 0.408 e. The summed E-state index contributed by atoms with van der Waals surface area (Å²) in [6.45, 7) is 31.1. The number of rotatable bonds is 26. The van der Waals surface area contributed by atoms with E-state index < -0.39 is 95.2 Å². The van der Waals surface area contributed by atoms with Crippen LogP contribution in [0.3, 0.4) is 0 Å². The first-order valence-electron chi connectivity index (χ1n) is 26.8. The lowest BCUT2D eigenvalue weighted by Crippen LogP contribution is -2.55. The molecule has 2 aromatic heterocycles. The molecule has 5 atom stereocenters. The van der Waals surface area contributed by atoms with Gasteiger partial charge in [-0.2, -0.15) is 5.26 Å². The summed E-state index contributed by atoms with van der Waals surface area (Å²) in [6, 6.07) is 13.2. The van der Waals surface area contributed by atoms with Crippen molar-refractivity contribution < 1.29 is 66.3 Å². The van der Waals surface area contributed by atoms with Crippen molar-refractivity contribution in [1.82, 2.24) is 25.9 Å². The van der Waals surface area contributed by atoms with Crippen molar-refractivity contribution in [3.05, 3.63) is 82.5 Å². The first kappa shape index (κ1) is 68.1. The number of aromatic nitrogens is 2. The third-order valence-electron chi connectivity index (χ3n) is 11.1. The minimum atomic E-state index is -1.21. The van der Waals surface area contributed by atoms with Crippen molar-refractivity contribution in [2.75, 3.05) is 25.5 Å². The molecule has 0 aliphatic carbocycles. The number of benzene rings is 2. The second-order valence-electron chi connectivity index (χ2n) is 23.2. The van der Waals surface area contributed by atoms with Crippen LogP contribution in [0.4, 0.5) is 21.1 Å². The molecule has 0 spiro atoms. The average molecular weight is 1190 g/mol. The topological polar surface area (TPSA) is 296 Å². The molecule has 83 heavy (non-hydrogen) atoms. The number of halogens is 1. The van der Waals surface area contributed by atoms with E-state index in [1.807, 2.05) is 20.8 Å². The Balaban J connectivity index is 1.51. The van der Waals surface area contributed by atoms with E-state index in [1.165, 1.54) is 18.0 Å². The van der Waals surface area contributed by atoms with Gasteiger partial charge in [0.15, 0.2) is 11.9 Å². The number of nitrogens with two attached hydrogens (primary N) is 1. The van der Waals surface area contributed by atoms with E-state index in [-0.39, 0.29) is 78.0 Å². The van der Waals surface area contributed by atoms with Crippen LogP contribution in [0.25, 0.3) is 27.4 Å². The van der Waals surface area contributed by atoms with Crippen molar-refractivity contribution in [2.24, 2.45) is 0 Å². The van der Waals surface area contributed by atoms with Crippen LogP contribution >= 0.6 is 23.4 Å². The zero-order chi connectivity index (χ0) is 62.0. The summed E-state index contributed by atoms with van der Waals surface area (Å²) in [5.74, 6) is -1.83. The van der Waals surface area contributed by atoms with Crippen LogP contribution < -0.4 is 26.4 Å². The molecule has 3 amide bonds. The number of nitrogens with one attached hydrogen (secondary N) is 3. The first-order chi connectivity index (χ1) is 38.6. The van der Waals surface area contributed by atoms with Crippen molar-refractivity contribution >= 4 is 70.7 Å². The number of carbonyl (C=O) groups excluding carboxylic acids is 6. The highest BCUT2D eigenvalue weighted by Gasteiger charge is 2.34. The number of esters is 2. The third kappa shape index (κ3) is 23.8. The molecule has 24 heteroatoms. The highest BCUT2D eigenvalue weighted by molar-refractivity contribution is 7.98.